The molecule has 0 aliphatic heterocycles. The summed E-state index contributed by atoms with van der Waals surface area (Å²) in [6.07, 6.45) is 31.4. The van der Waals surface area contributed by atoms with Crippen LogP contribution in [0.3, 0.4) is 0 Å². The molecule has 0 aromatic heterocycles. The van der Waals surface area contributed by atoms with Gasteiger partial charge >= 0.3 is 151 Å². The Morgan fingerprint density at radius 1 is 0.652 bits per heavy atom. The first kappa shape index (κ1) is 16.8. The van der Waals surface area contributed by atoms with Gasteiger partial charge in [0, 0.05) is 0 Å². The number of hydrogen-bond acceptors (Lipinski definition) is 0. The predicted molar refractivity (Wildman–Crippen MR) is 93.2 cm³/mol. The van der Waals surface area contributed by atoms with Gasteiger partial charge in [-0.3, -0.25) is 0 Å². The maximum atomic E-state index is 2.39. The standard InChI is InChI=1S/4C5H5.CH3.2Fe/c4*1-2-4-5-3-1;;;/h4*1-3H,4H2;1H3;;. The number of hydrogen-bond donors (Lipinski definition) is 0. The van der Waals surface area contributed by atoms with Gasteiger partial charge < -0.3 is 0 Å². The van der Waals surface area contributed by atoms with Crippen LogP contribution in [-0.4, -0.2) is 0 Å². The van der Waals surface area contributed by atoms with Crippen LogP contribution in [0.4, 0.5) is 0 Å². The third-order valence-corrected chi connectivity index (χ3v) is 8.25. The fraction of sp³-hybridized carbons (Fsp3) is 0.238. The molecule has 0 aromatic carbocycles. The summed E-state index contributed by atoms with van der Waals surface area (Å²) in [5.41, 5.74) is 0. The van der Waals surface area contributed by atoms with E-state index in [4.69, 9.17) is 0 Å². The summed E-state index contributed by atoms with van der Waals surface area (Å²) >= 11 is 1.01. The van der Waals surface area contributed by atoms with E-state index in [1.807, 2.05) is 0 Å². The van der Waals surface area contributed by atoms with Crippen molar-refractivity contribution in [1.82, 2.24) is 0 Å². The van der Waals surface area contributed by atoms with Crippen LogP contribution in [0.5, 0.6) is 0 Å². The van der Waals surface area contributed by atoms with Gasteiger partial charge in [-0.1, -0.05) is 0 Å². The van der Waals surface area contributed by atoms with Gasteiger partial charge in [0.05, 0.1) is 0 Å². The molecule has 0 nitrogen and oxygen atoms in total. The molecular weight excluding hydrogens is 364 g/mol. The Bertz CT molecular complexity index is 621. The second kappa shape index (κ2) is 8.71. The van der Waals surface area contributed by atoms with Crippen molar-refractivity contribution < 1.29 is 28.9 Å². The van der Waals surface area contributed by atoms with Crippen molar-refractivity contribution in [1.29, 1.82) is 0 Å². The molecule has 0 bridgehead atoms. The first-order valence-corrected chi connectivity index (χ1v) is 11.2. The van der Waals surface area contributed by atoms with Gasteiger partial charge in [0.15, 0.2) is 0 Å². The van der Waals surface area contributed by atoms with E-state index < -0.39 is 0 Å². The Balaban J connectivity index is 0.000000136. The molecule has 0 spiro atoms. The van der Waals surface area contributed by atoms with Crippen molar-refractivity contribution in [3.05, 3.63) is 90.8 Å². The van der Waals surface area contributed by atoms with Crippen LogP contribution in [-0.2, 0) is 28.9 Å². The van der Waals surface area contributed by atoms with Crippen LogP contribution in [0.25, 0.3) is 0 Å². The fourth-order valence-electron chi connectivity index (χ4n) is 2.48. The Morgan fingerprint density at radius 3 is 1.43 bits per heavy atom. The molecule has 0 atom stereocenters. The predicted octanol–water partition coefficient (Wildman–Crippen LogP) is 6.10. The third-order valence-electron chi connectivity index (χ3n) is 3.78. The van der Waals surface area contributed by atoms with Gasteiger partial charge in [-0.2, -0.15) is 0 Å². The van der Waals surface area contributed by atoms with E-state index in [9.17, 15) is 0 Å². The van der Waals surface area contributed by atoms with E-state index in [-0.39, 0.29) is 13.9 Å². The van der Waals surface area contributed by atoms with E-state index >= 15 is 0 Å². The van der Waals surface area contributed by atoms with Crippen LogP contribution < -0.4 is 0 Å². The monoisotopic (exact) mass is 387 g/mol. The summed E-state index contributed by atoms with van der Waals surface area (Å²) in [6, 6.07) is 0. The molecule has 0 saturated heterocycles. The summed E-state index contributed by atoms with van der Waals surface area (Å²) in [6.45, 7) is 0. The number of allylic oxidation sites excluding steroid dienone is 16. The van der Waals surface area contributed by atoms with Crippen LogP contribution in [0.1, 0.15) is 25.7 Å². The van der Waals surface area contributed by atoms with Crippen molar-refractivity contribution in [3.63, 3.8) is 0 Å². The molecule has 123 valence electrons. The fourth-order valence-corrected chi connectivity index (χ4v) is 5.97. The summed E-state index contributed by atoms with van der Waals surface area (Å²) in [5, 5.41) is 0. The van der Waals surface area contributed by atoms with Crippen molar-refractivity contribution >= 4 is 0 Å². The van der Waals surface area contributed by atoms with E-state index in [1.165, 1.54) is 27.8 Å². The third kappa shape index (κ3) is 4.96. The zero-order chi connectivity index (χ0) is 15.9. The molecular formula is C21H23Fe2. The van der Waals surface area contributed by atoms with Gasteiger partial charge in [0.25, 0.3) is 0 Å². The summed E-state index contributed by atoms with van der Waals surface area (Å²) in [7, 11) is 0. The molecule has 4 rings (SSSR count). The van der Waals surface area contributed by atoms with E-state index in [1.54, 1.807) is 17.9 Å². The topological polar surface area (TPSA) is 0 Å². The van der Waals surface area contributed by atoms with E-state index in [2.05, 4.69) is 78.7 Å². The van der Waals surface area contributed by atoms with Crippen LogP contribution in [0.2, 0.25) is 5.82 Å². The molecule has 0 N–H and O–H groups in total. The Kier molecular flexibility index (Phi) is 6.36. The molecule has 4 aliphatic rings. The minimum atomic E-state index is -0.167. The van der Waals surface area contributed by atoms with Crippen LogP contribution in [0.15, 0.2) is 90.8 Å². The normalized spacial score (nSPS) is 21.2. The Morgan fingerprint density at radius 2 is 1.09 bits per heavy atom. The number of rotatable bonds is 4. The summed E-state index contributed by atoms with van der Waals surface area (Å²) < 4.78 is 6.40. The Labute approximate surface area is 150 Å². The van der Waals surface area contributed by atoms with E-state index in [0.717, 1.165) is 12.8 Å². The van der Waals surface area contributed by atoms with Crippen LogP contribution in [0, 0.1) is 0 Å². The van der Waals surface area contributed by atoms with Crippen molar-refractivity contribution in [2.45, 2.75) is 31.5 Å². The molecule has 0 heterocycles. The van der Waals surface area contributed by atoms with Gasteiger partial charge in [0.1, 0.15) is 0 Å². The van der Waals surface area contributed by atoms with Gasteiger partial charge in [0.2, 0.25) is 0 Å². The van der Waals surface area contributed by atoms with Gasteiger partial charge in [-0.25, -0.2) is 0 Å². The molecule has 0 aromatic rings. The van der Waals surface area contributed by atoms with Gasteiger partial charge in [-0.05, 0) is 0 Å². The molecule has 2 heteroatoms. The van der Waals surface area contributed by atoms with Crippen molar-refractivity contribution in [2.75, 3.05) is 0 Å². The molecule has 23 heavy (non-hydrogen) atoms. The van der Waals surface area contributed by atoms with Gasteiger partial charge in [-0.15, -0.1) is 0 Å². The zero-order valence-electron chi connectivity index (χ0n) is 13.5. The quantitative estimate of drug-likeness (QED) is 0.512. The van der Waals surface area contributed by atoms with E-state index in [0.29, 0.717) is 0 Å². The van der Waals surface area contributed by atoms with Crippen LogP contribution >= 0.6 is 0 Å². The average molecular weight is 387 g/mol. The minimum absolute atomic E-state index is 0.167. The SMILES string of the molecule is C1=CC[C]([Fe][C]2=CC=CC2)=C1.[CH3][Fe]([C]1=CC=CC1)[C]1=CC=CC1. The molecule has 0 radical (unpaired) electrons. The van der Waals surface area contributed by atoms with Crippen molar-refractivity contribution in [2.24, 2.45) is 0 Å². The maximum absolute atomic E-state index is 2.39. The Hall–Kier alpha value is -1.04. The summed E-state index contributed by atoms with van der Waals surface area (Å²) in [4.78, 5) is 0. The molecule has 0 amide bonds. The second-order valence-corrected chi connectivity index (χ2v) is 9.94. The molecule has 0 saturated carbocycles. The average Bonchev–Trinajstić information content (AvgIpc) is 3.33. The summed E-state index contributed by atoms with van der Waals surface area (Å²) in [5.74, 6) is 2.39. The molecule has 0 unspecified atom stereocenters. The molecule has 0 fully saturated rings. The first-order valence-electron chi connectivity index (χ1n) is 7.93. The molecule has 4 aliphatic carbocycles. The second-order valence-electron chi connectivity index (χ2n) is 5.45. The zero-order valence-corrected chi connectivity index (χ0v) is 15.7. The van der Waals surface area contributed by atoms with Crippen molar-refractivity contribution in [3.8, 4) is 0 Å². The first-order chi connectivity index (χ1) is 11.3.